The number of carbonyl (C=O) groups is 3. The van der Waals surface area contributed by atoms with Crippen molar-refractivity contribution < 1.29 is 57.8 Å². The summed E-state index contributed by atoms with van der Waals surface area (Å²) in [5, 5.41) is 28.4. The SMILES string of the molecule is COc1ccc2c(C(=O)NCCO)cc(=O)n(CCN3CCC(N(Cc4ccc5c(c4)OCCO5)C(=O)OC(C)(C)C)CC3)c2c1.COc1ccc2c(C(=O)NCCO)cc(=O)n(CCN3CCC(NCc4ccc5c(c4)OCCO5)CC3)c2c1. The number of aromatic nitrogens is 2. The molecule has 6 aromatic rings. The van der Waals surface area contributed by atoms with Crippen LogP contribution in [0.4, 0.5) is 4.79 Å². The van der Waals surface area contributed by atoms with E-state index in [1.165, 1.54) is 17.7 Å². The lowest BCUT2D eigenvalue weighted by atomic mass is 10.0. The average molecular weight is 1170 g/mol. The lowest BCUT2D eigenvalue weighted by Gasteiger charge is -2.39. The molecule has 5 N–H and O–H groups in total. The van der Waals surface area contributed by atoms with E-state index < -0.39 is 11.5 Å². The van der Waals surface area contributed by atoms with Crippen LogP contribution in [0.25, 0.3) is 21.8 Å². The van der Waals surface area contributed by atoms with Crippen LogP contribution in [0.15, 0.2) is 94.5 Å². The fourth-order valence-corrected chi connectivity index (χ4v) is 11.1. The molecule has 2 fully saturated rings. The van der Waals surface area contributed by atoms with E-state index in [1.807, 2.05) is 49.9 Å². The molecule has 10 rings (SSSR count). The number of hydrogen-bond donors (Lipinski definition) is 5. The number of nitrogens with one attached hydrogen (secondary N) is 3. The number of piperidine rings is 2. The summed E-state index contributed by atoms with van der Waals surface area (Å²) >= 11 is 0. The number of likely N-dealkylation sites (tertiary alicyclic amines) is 2. The summed E-state index contributed by atoms with van der Waals surface area (Å²) in [6, 6.07) is 25.7. The second-order valence-corrected chi connectivity index (χ2v) is 22.5. The van der Waals surface area contributed by atoms with Crippen LogP contribution in [0.3, 0.4) is 0 Å². The van der Waals surface area contributed by atoms with Crippen molar-refractivity contribution in [3.8, 4) is 34.5 Å². The Kier molecular flexibility index (Phi) is 20.9. The lowest BCUT2D eigenvalue weighted by Crippen LogP contribution is -2.49. The maximum atomic E-state index is 13.4. The monoisotopic (exact) mass is 1170 g/mol. The molecule has 85 heavy (non-hydrogen) atoms. The van der Waals surface area contributed by atoms with Crippen LogP contribution in [0.5, 0.6) is 34.5 Å². The Morgan fingerprint density at radius 3 is 1.52 bits per heavy atom. The number of methoxy groups -OCH3 is 2. The van der Waals surface area contributed by atoms with Gasteiger partial charge in [-0.15, -0.1) is 0 Å². The maximum Gasteiger partial charge on any atom is 0.410 e. The Hall–Kier alpha value is -7.89. The van der Waals surface area contributed by atoms with Crippen LogP contribution < -0.4 is 55.5 Å². The first-order chi connectivity index (χ1) is 41.1. The molecule has 22 heteroatoms. The number of amides is 3. The highest BCUT2D eigenvalue weighted by Crippen LogP contribution is 2.34. The molecule has 0 atom stereocenters. The van der Waals surface area contributed by atoms with Gasteiger partial charge in [0.2, 0.25) is 0 Å². The van der Waals surface area contributed by atoms with Gasteiger partial charge in [-0.05, 0) is 119 Å². The third kappa shape index (κ3) is 15.9. The smallest absolute Gasteiger partial charge is 0.410 e. The molecule has 0 radical (unpaired) electrons. The molecule has 2 saturated heterocycles. The predicted octanol–water partition coefficient (Wildman–Crippen LogP) is 5.16. The Balaban J connectivity index is 0.000000206. The third-order valence-electron chi connectivity index (χ3n) is 15.6. The first kappa shape index (κ1) is 61.7. The van der Waals surface area contributed by atoms with Gasteiger partial charge in [0.15, 0.2) is 23.0 Å². The number of aliphatic hydroxyl groups excluding tert-OH is 2. The van der Waals surface area contributed by atoms with E-state index >= 15 is 0 Å². The van der Waals surface area contributed by atoms with E-state index in [4.69, 9.17) is 43.4 Å². The summed E-state index contributed by atoms with van der Waals surface area (Å²) in [4.78, 5) is 71.8. The van der Waals surface area contributed by atoms with Crippen molar-refractivity contribution in [2.24, 2.45) is 0 Å². The molecule has 6 heterocycles. The number of hydrogen-bond acceptors (Lipinski definition) is 17. The van der Waals surface area contributed by atoms with Gasteiger partial charge in [-0.25, -0.2) is 4.79 Å². The van der Waals surface area contributed by atoms with Crippen LogP contribution in [-0.4, -0.2) is 176 Å². The van der Waals surface area contributed by atoms with Gasteiger partial charge in [0.05, 0.1) is 49.6 Å². The molecule has 0 bridgehead atoms. The highest BCUT2D eigenvalue weighted by atomic mass is 16.6. The molecular formula is C63H80N8O14. The third-order valence-corrected chi connectivity index (χ3v) is 15.6. The Bertz CT molecular complexity index is 3420. The Morgan fingerprint density at radius 2 is 1.05 bits per heavy atom. The molecule has 456 valence electrons. The van der Waals surface area contributed by atoms with E-state index in [9.17, 15) is 24.0 Å². The van der Waals surface area contributed by atoms with Crippen LogP contribution in [0.2, 0.25) is 0 Å². The zero-order valence-electron chi connectivity index (χ0n) is 49.3. The van der Waals surface area contributed by atoms with Gasteiger partial charge in [0.1, 0.15) is 43.5 Å². The average Bonchev–Trinajstić information content (AvgIpc) is 3.41. The first-order valence-corrected chi connectivity index (χ1v) is 29.3. The van der Waals surface area contributed by atoms with Crippen molar-refractivity contribution in [1.29, 1.82) is 0 Å². The molecule has 4 aliphatic rings. The van der Waals surface area contributed by atoms with Gasteiger partial charge < -0.3 is 83.2 Å². The van der Waals surface area contributed by atoms with Gasteiger partial charge in [0.25, 0.3) is 22.9 Å². The lowest BCUT2D eigenvalue weighted by molar-refractivity contribution is 0.00560. The fourth-order valence-electron chi connectivity index (χ4n) is 11.1. The molecular weight excluding hydrogens is 1090 g/mol. The molecule has 0 saturated carbocycles. The quantitative estimate of drug-likeness (QED) is 0.0663. The molecule has 4 aliphatic heterocycles. The summed E-state index contributed by atoms with van der Waals surface area (Å²) in [6.07, 6.45) is 3.20. The van der Waals surface area contributed by atoms with E-state index in [0.717, 1.165) is 82.0 Å². The van der Waals surface area contributed by atoms with Crippen molar-refractivity contribution in [2.45, 2.75) is 90.3 Å². The summed E-state index contributed by atoms with van der Waals surface area (Å²) in [5.41, 5.74) is 2.78. The number of carbonyl (C=O) groups excluding carboxylic acids is 3. The molecule has 3 amide bonds. The normalized spacial score (nSPS) is 15.6. The fraction of sp³-hybridized carbons (Fsp3) is 0.476. The molecule has 22 nitrogen and oxygen atoms in total. The Labute approximate surface area is 494 Å². The van der Waals surface area contributed by atoms with E-state index in [1.54, 1.807) is 59.8 Å². The molecule has 0 spiro atoms. The molecule has 0 unspecified atom stereocenters. The minimum absolute atomic E-state index is 0.0242. The van der Waals surface area contributed by atoms with Crippen LogP contribution in [0, 0.1) is 0 Å². The second kappa shape index (κ2) is 28.8. The second-order valence-electron chi connectivity index (χ2n) is 22.5. The standard InChI is InChI=1S/C34H44N4O8.C29H36N4O6/c1-34(2,3)46-33(42)38(22-23-5-8-29-30(19-23)45-18-17-44-29)24-9-12-36(13-10-24)14-15-37-28-20-25(43-4)6-7-26(28)27(21-31(37)40)32(41)35-11-16-39;1-37-22-3-4-23-24(29(36)30-8-13-34)18-28(35)33(25(23)17-22)12-11-32-9-6-21(7-10-32)31-19-20-2-5-26-27(16-20)39-15-14-38-26/h5-8,19-21,24,39H,9-18,22H2,1-4H3,(H,35,41);2-5,16-18,21,31,34H,6-15,19H2,1H3,(H,30,36). The summed E-state index contributed by atoms with van der Waals surface area (Å²) in [6.45, 7) is 14.4. The molecule has 4 aromatic carbocycles. The largest absolute Gasteiger partial charge is 0.497 e. The van der Waals surface area contributed by atoms with Gasteiger partial charge in [-0.2, -0.15) is 0 Å². The zero-order valence-corrected chi connectivity index (χ0v) is 49.3. The topological polar surface area (TPSA) is 246 Å². The van der Waals surface area contributed by atoms with E-state index in [-0.39, 0.29) is 61.0 Å². The zero-order chi connectivity index (χ0) is 60.0. The number of rotatable bonds is 20. The van der Waals surface area contributed by atoms with E-state index in [0.29, 0.717) is 109 Å². The predicted molar refractivity (Wildman–Crippen MR) is 321 cm³/mol. The van der Waals surface area contributed by atoms with Crippen LogP contribution in [-0.2, 0) is 30.9 Å². The number of pyridine rings is 2. The summed E-state index contributed by atoms with van der Waals surface area (Å²) in [5.74, 6) is 3.41. The minimum atomic E-state index is -0.628. The first-order valence-electron chi connectivity index (χ1n) is 29.3. The minimum Gasteiger partial charge on any atom is -0.497 e. The number of ether oxygens (including phenoxy) is 7. The van der Waals surface area contributed by atoms with Crippen LogP contribution >= 0.6 is 0 Å². The Morgan fingerprint density at radius 1 is 0.588 bits per heavy atom. The maximum absolute atomic E-state index is 13.4. The van der Waals surface area contributed by atoms with Crippen molar-refractivity contribution in [3.05, 3.63) is 128 Å². The van der Waals surface area contributed by atoms with Gasteiger partial charge in [-0.3, -0.25) is 19.2 Å². The molecule has 0 aliphatic carbocycles. The number of benzene rings is 4. The number of nitrogens with zero attached hydrogens (tertiary/aromatic N) is 5. The van der Waals surface area contributed by atoms with Crippen molar-refractivity contribution in [3.63, 3.8) is 0 Å². The number of fused-ring (bicyclic) bond motifs is 4. The van der Waals surface area contributed by atoms with Gasteiger partial charge in [-0.1, -0.05) is 12.1 Å². The van der Waals surface area contributed by atoms with Crippen molar-refractivity contribution in [1.82, 2.24) is 39.8 Å². The summed E-state index contributed by atoms with van der Waals surface area (Å²) in [7, 11) is 3.13. The van der Waals surface area contributed by atoms with Crippen LogP contribution in [0.1, 0.15) is 78.3 Å². The van der Waals surface area contributed by atoms with Crippen molar-refractivity contribution >= 4 is 39.7 Å². The van der Waals surface area contributed by atoms with E-state index in [2.05, 4.69) is 37.9 Å². The van der Waals surface area contributed by atoms with Crippen molar-refractivity contribution in [2.75, 3.05) is 106 Å². The number of aliphatic hydroxyl groups is 2. The highest BCUT2D eigenvalue weighted by molar-refractivity contribution is 6.07. The van der Waals surface area contributed by atoms with Gasteiger partial charge >= 0.3 is 6.09 Å². The highest BCUT2D eigenvalue weighted by Gasteiger charge is 2.32. The van der Waals surface area contributed by atoms with Gasteiger partial charge in [0, 0.05) is 113 Å². The molecule has 2 aromatic heterocycles. The summed E-state index contributed by atoms with van der Waals surface area (Å²) < 4.78 is 42.7.